The van der Waals surface area contributed by atoms with Gasteiger partial charge in [0, 0.05) is 17.4 Å². The van der Waals surface area contributed by atoms with Gasteiger partial charge < -0.3 is 4.74 Å². The number of benzene rings is 1. The predicted molar refractivity (Wildman–Crippen MR) is 61.7 cm³/mol. The van der Waals surface area contributed by atoms with Crippen molar-refractivity contribution in [2.24, 2.45) is 5.41 Å². The van der Waals surface area contributed by atoms with Crippen LogP contribution in [-0.4, -0.2) is 18.8 Å². The summed E-state index contributed by atoms with van der Waals surface area (Å²) in [5.41, 5.74) is -0.865. The van der Waals surface area contributed by atoms with Gasteiger partial charge in [-0.3, -0.25) is 4.79 Å². The Morgan fingerprint density at radius 2 is 1.88 bits per heavy atom. The molecule has 0 amide bonds. The zero-order valence-corrected chi connectivity index (χ0v) is 10.6. The highest BCUT2D eigenvalue weighted by molar-refractivity contribution is 6.21. The molecule has 0 radical (unpaired) electrons. The number of carbonyl (C=O) groups is 1. The first-order chi connectivity index (χ1) is 7.83. The number of Topliss-reactive ketones (excluding diaryl/α,β-unsaturated/α-hetero) is 1. The fourth-order valence-corrected chi connectivity index (χ4v) is 1.42. The molecule has 1 aromatic carbocycles. The summed E-state index contributed by atoms with van der Waals surface area (Å²) in [6.07, 6.45) is 0. The second-order valence-corrected chi connectivity index (χ2v) is 4.58. The van der Waals surface area contributed by atoms with Crippen molar-refractivity contribution in [1.82, 2.24) is 0 Å². The number of rotatable bonds is 4. The van der Waals surface area contributed by atoms with Crippen molar-refractivity contribution in [2.45, 2.75) is 13.8 Å². The smallest absolute Gasteiger partial charge is 0.173 e. The van der Waals surface area contributed by atoms with E-state index in [2.05, 4.69) is 0 Å². The molecule has 17 heavy (non-hydrogen) atoms. The second kappa shape index (κ2) is 5.00. The van der Waals surface area contributed by atoms with Crippen molar-refractivity contribution in [2.75, 3.05) is 13.0 Å². The van der Waals surface area contributed by atoms with Crippen LogP contribution < -0.4 is 4.74 Å². The van der Waals surface area contributed by atoms with E-state index in [0.29, 0.717) is 0 Å². The van der Waals surface area contributed by atoms with Gasteiger partial charge in [-0.15, -0.1) is 11.6 Å². The molecular weight excluding hydrogens is 250 g/mol. The number of methoxy groups -OCH3 is 1. The molecule has 0 unspecified atom stereocenters. The first-order valence-corrected chi connectivity index (χ1v) is 5.50. The third-order valence-electron chi connectivity index (χ3n) is 2.44. The van der Waals surface area contributed by atoms with Crippen molar-refractivity contribution in [3.05, 3.63) is 29.3 Å². The van der Waals surface area contributed by atoms with Crippen molar-refractivity contribution < 1.29 is 18.3 Å². The zero-order chi connectivity index (χ0) is 13.2. The van der Waals surface area contributed by atoms with Crippen LogP contribution in [0.5, 0.6) is 5.75 Å². The summed E-state index contributed by atoms with van der Waals surface area (Å²) < 4.78 is 31.0. The maximum Gasteiger partial charge on any atom is 0.173 e. The first kappa shape index (κ1) is 13.9. The molecule has 0 aromatic heterocycles. The Kier molecular flexibility index (Phi) is 4.09. The molecular formula is C12H13ClF2O2. The van der Waals surface area contributed by atoms with Crippen LogP contribution in [-0.2, 0) is 0 Å². The summed E-state index contributed by atoms with van der Waals surface area (Å²) >= 11 is 5.68. The van der Waals surface area contributed by atoms with Crippen LogP contribution in [0.15, 0.2) is 12.1 Å². The Morgan fingerprint density at radius 1 is 1.35 bits per heavy atom. The van der Waals surface area contributed by atoms with Crippen LogP contribution in [0.2, 0.25) is 0 Å². The Morgan fingerprint density at radius 3 is 2.35 bits per heavy atom. The van der Waals surface area contributed by atoms with Gasteiger partial charge in [-0.1, -0.05) is 13.8 Å². The van der Waals surface area contributed by atoms with E-state index in [9.17, 15) is 13.6 Å². The van der Waals surface area contributed by atoms with Crippen molar-refractivity contribution >= 4 is 17.4 Å². The molecule has 1 aromatic rings. The summed E-state index contributed by atoms with van der Waals surface area (Å²) in [5, 5.41) is 0. The van der Waals surface area contributed by atoms with Crippen LogP contribution in [0.1, 0.15) is 24.2 Å². The van der Waals surface area contributed by atoms with Gasteiger partial charge >= 0.3 is 0 Å². The SMILES string of the molecule is COc1cc(F)c(F)cc1C(=O)C(C)(C)CCl. The van der Waals surface area contributed by atoms with Gasteiger partial charge in [-0.25, -0.2) is 8.78 Å². The Hall–Kier alpha value is -1.16. The second-order valence-electron chi connectivity index (χ2n) is 4.31. The highest BCUT2D eigenvalue weighted by Gasteiger charge is 2.30. The fourth-order valence-electron chi connectivity index (χ4n) is 1.30. The Balaban J connectivity index is 3.31. The van der Waals surface area contributed by atoms with E-state index < -0.39 is 17.0 Å². The molecule has 0 heterocycles. The van der Waals surface area contributed by atoms with Gasteiger partial charge in [0.15, 0.2) is 17.4 Å². The van der Waals surface area contributed by atoms with E-state index in [1.54, 1.807) is 13.8 Å². The number of hydrogen-bond donors (Lipinski definition) is 0. The third kappa shape index (κ3) is 2.75. The topological polar surface area (TPSA) is 26.3 Å². The average Bonchev–Trinajstić information content (AvgIpc) is 2.31. The molecule has 2 nitrogen and oxygen atoms in total. The lowest BCUT2D eigenvalue weighted by atomic mass is 9.86. The average molecular weight is 263 g/mol. The van der Waals surface area contributed by atoms with Crippen molar-refractivity contribution in [1.29, 1.82) is 0 Å². The van der Waals surface area contributed by atoms with Gasteiger partial charge in [0.05, 0.1) is 12.7 Å². The molecule has 0 saturated heterocycles. The minimum atomic E-state index is -1.08. The van der Waals surface area contributed by atoms with Gasteiger partial charge in [0.2, 0.25) is 0 Å². The monoisotopic (exact) mass is 262 g/mol. The standard InChI is InChI=1S/C12H13ClF2O2/c1-12(2,6-13)11(16)7-4-8(14)9(15)5-10(7)17-3/h4-5H,6H2,1-3H3. The lowest BCUT2D eigenvalue weighted by Gasteiger charge is -2.21. The summed E-state index contributed by atoms with van der Waals surface area (Å²) in [5.74, 6) is -2.44. The largest absolute Gasteiger partial charge is 0.496 e. The Bertz CT molecular complexity index is 444. The molecule has 0 N–H and O–H groups in total. The minimum Gasteiger partial charge on any atom is -0.496 e. The molecule has 0 aliphatic rings. The number of ether oxygens (including phenoxy) is 1. The minimum absolute atomic E-state index is 0.00273. The highest BCUT2D eigenvalue weighted by atomic mass is 35.5. The van der Waals surface area contributed by atoms with Crippen molar-refractivity contribution in [3.8, 4) is 5.75 Å². The molecule has 0 spiro atoms. The molecule has 0 fully saturated rings. The molecule has 0 atom stereocenters. The summed E-state index contributed by atoms with van der Waals surface area (Å²) in [7, 11) is 1.29. The quantitative estimate of drug-likeness (QED) is 0.614. The maximum atomic E-state index is 13.1. The number of halogens is 3. The molecule has 5 heteroatoms. The lowest BCUT2D eigenvalue weighted by molar-refractivity contribution is 0.0858. The normalized spacial score (nSPS) is 11.4. The zero-order valence-electron chi connectivity index (χ0n) is 9.81. The fraction of sp³-hybridized carbons (Fsp3) is 0.417. The molecule has 0 aliphatic carbocycles. The van der Waals surface area contributed by atoms with E-state index in [1.807, 2.05) is 0 Å². The predicted octanol–water partition coefficient (Wildman–Crippen LogP) is 3.42. The van der Waals surface area contributed by atoms with Crippen LogP contribution in [0.25, 0.3) is 0 Å². The van der Waals surface area contributed by atoms with E-state index in [-0.39, 0.29) is 23.0 Å². The van der Waals surface area contributed by atoms with Gasteiger partial charge in [-0.2, -0.15) is 0 Å². The van der Waals surface area contributed by atoms with E-state index >= 15 is 0 Å². The van der Waals surface area contributed by atoms with Gasteiger partial charge in [0.1, 0.15) is 5.75 Å². The number of hydrogen-bond acceptors (Lipinski definition) is 2. The van der Waals surface area contributed by atoms with E-state index in [4.69, 9.17) is 16.3 Å². The van der Waals surface area contributed by atoms with Crippen LogP contribution in [0.4, 0.5) is 8.78 Å². The van der Waals surface area contributed by atoms with Gasteiger partial charge in [0.25, 0.3) is 0 Å². The molecule has 94 valence electrons. The van der Waals surface area contributed by atoms with Crippen LogP contribution >= 0.6 is 11.6 Å². The van der Waals surface area contributed by atoms with Crippen LogP contribution in [0, 0.1) is 17.0 Å². The van der Waals surface area contributed by atoms with E-state index in [1.165, 1.54) is 7.11 Å². The summed E-state index contributed by atoms with van der Waals surface area (Å²) in [4.78, 5) is 12.1. The first-order valence-electron chi connectivity index (χ1n) is 4.97. The molecule has 0 bridgehead atoms. The van der Waals surface area contributed by atoms with Crippen LogP contribution in [0.3, 0.4) is 0 Å². The Labute approximate surface area is 104 Å². The third-order valence-corrected chi connectivity index (χ3v) is 3.10. The number of alkyl halides is 1. The number of carbonyl (C=O) groups excluding carboxylic acids is 1. The number of ketones is 1. The van der Waals surface area contributed by atoms with E-state index in [0.717, 1.165) is 12.1 Å². The summed E-state index contributed by atoms with van der Waals surface area (Å²) in [6, 6.07) is 1.69. The summed E-state index contributed by atoms with van der Waals surface area (Å²) in [6.45, 7) is 3.26. The lowest BCUT2D eigenvalue weighted by Crippen LogP contribution is -2.26. The van der Waals surface area contributed by atoms with Crippen molar-refractivity contribution in [3.63, 3.8) is 0 Å². The molecule has 0 saturated carbocycles. The highest BCUT2D eigenvalue weighted by Crippen LogP contribution is 2.30. The molecule has 0 aliphatic heterocycles. The molecule has 1 rings (SSSR count). The maximum absolute atomic E-state index is 13.1. The van der Waals surface area contributed by atoms with Gasteiger partial charge in [-0.05, 0) is 6.07 Å².